The maximum Gasteiger partial charge on any atom is 0.260 e. The number of allylic oxidation sites excluding steroid dienone is 2. The van der Waals surface area contributed by atoms with Gasteiger partial charge in [0.25, 0.3) is 5.91 Å². The van der Waals surface area contributed by atoms with Crippen molar-refractivity contribution in [2.75, 3.05) is 50.0 Å². The highest BCUT2D eigenvalue weighted by atomic mass is 35.5. The highest BCUT2D eigenvalue weighted by molar-refractivity contribution is 7.13. The van der Waals surface area contributed by atoms with Crippen molar-refractivity contribution in [1.29, 1.82) is 0 Å². The molecule has 1 saturated heterocycles. The summed E-state index contributed by atoms with van der Waals surface area (Å²) in [6, 6.07) is 18.5. The Labute approximate surface area is 258 Å². The topological polar surface area (TPSA) is 51.2 Å². The second-order valence-corrected chi connectivity index (χ2v) is 12.1. The van der Waals surface area contributed by atoms with Gasteiger partial charge in [-0.1, -0.05) is 35.9 Å². The number of hydrogen-bond acceptors (Lipinski definition) is 6. The first-order valence-electron chi connectivity index (χ1n) is 14.4. The molecule has 0 bridgehead atoms. The van der Waals surface area contributed by atoms with E-state index in [1.54, 1.807) is 16.2 Å². The summed E-state index contributed by atoms with van der Waals surface area (Å²) in [6.07, 6.45) is 3.90. The predicted octanol–water partition coefficient (Wildman–Crippen LogP) is 7.77. The van der Waals surface area contributed by atoms with Gasteiger partial charge in [-0.2, -0.15) is 0 Å². The number of nitrogens with zero attached hydrogens (tertiary/aromatic N) is 4. The van der Waals surface area contributed by atoms with Gasteiger partial charge in [-0.05, 0) is 93.7 Å². The fourth-order valence-corrected chi connectivity index (χ4v) is 6.17. The monoisotopic (exact) mass is 599 g/mol. The molecular formula is C34H38ClN5OS. The lowest BCUT2D eigenvalue weighted by Crippen LogP contribution is -2.44. The number of halogens is 1. The van der Waals surface area contributed by atoms with Gasteiger partial charge in [-0.25, -0.2) is 4.99 Å². The molecule has 6 nitrogen and oxygen atoms in total. The molecule has 0 unspecified atom stereocenters. The van der Waals surface area contributed by atoms with E-state index >= 15 is 0 Å². The van der Waals surface area contributed by atoms with Crippen molar-refractivity contribution >= 4 is 51.6 Å². The van der Waals surface area contributed by atoms with E-state index in [-0.39, 0.29) is 5.91 Å². The van der Waals surface area contributed by atoms with Crippen molar-refractivity contribution < 1.29 is 4.79 Å². The first-order chi connectivity index (χ1) is 20.3. The molecule has 42 heavy (non-hydrogen) atoms. The van der Waals surface area contributed by atoms with E-state index in [1.165, 1.54) is 5.69 Å². The Morgan fingerprint density at radius 3 is 2.40 bits per heavy atom. The molecule has 1 aromatic heterocycles. The average Bonchev–Trinajstić information content (AvgIpc) is 3.53. The lowest BCUT2D eigenvalue weighted by atomic mass is 9.95. The fraction of sp³-hybridized carbons (Fsp3) is 0.294. The first kappa shape index (κ1) is 29.8. The zero-order valence-corrected chi connectivity index (χ0v) is 26.5. The summed E-state index contributed by atoms with van der Waals surface area (Å²) in [5.41, 5.74) is 6.40. The van der Waals surface area contributed by atoms with Gasteiger partial charge in [0, 0.05) is 70.7 Å². The van der Waals surface area contributed by atoms with E-state index in [4.69, 9.17) is 16.6 Å². The van der Waals surface area contributed by atoms with Crippen LogP contribution in [0.1, 0.15) is 33.3 Å². The quantitative estimate of drug-likeness (QED) is 0.301. The van der Waals surface area contributed by atoms with Crippen molar-refractivity contribution in [2.24, 2.45) is 4.99 Å². The Morgan fingerprint density at radius 1 is 1.07 bits per heavy atom. The predicted molar refractivity (Wildman–Crippen MR) is 179 cm³/mol. The Balaban J connectivity index is 1.42. The van der Waals surface area contributed by atoms with E-state index in [0.29, 0.717) is 23.0 Å². The molecule has 3 aromatic rings. The van der Waals surface area contributed by atoms with Crippen LogP contribution in [0.4, 0.5) is 11.4 Å². The van der Waals surface area contributed by atoms with Crippen molar-refractivity contribution in [2.45, 2.75) is 27.7 Å². The molecular weight excluding hydrogens is 562 g/mol. The second-order valence-electron chi connectivity index (χ2n) is 10.8. The second kappa shape index (κ2) is 13.1. The Kier molecular flexibility index (Phi) is 9.31. The van der Waals surface area contributed by atoms with E-state index < -0.39 is 0 Å². The molecule has 0 atom stereocenters. The molecule has 3 heterocycles. The van der Waals surface area contributed by atoms with Crippen LogP contribution >= 0.6 is 22.9 Å². The van der Waals surface area contributed by atoms with Crippen molar-refractivity contribution in [1.82, 2.24) is 9.80 Å². The number of aliphatic imine (C=N–C) groups is 1. The molecule has 2 aliphatic heterocycles. The van der Waals surface area contributed by atoms with Crippen LogP contribution in [0, 0.1) is 0 Å². The molecule has 2 aliphatic rings. The van der Waals surface area contributed by atoms with Gasteiger partial charge in [0.05, 0.1) is 0 Å². The van der Waals surface area contributed by atoms with Crippen LogP contribution in [-0.4, -0.2) is 61.3 Å². The molecule has 0 aliphatic carbocycles. The zero-order valence-electron chi connectivity index (χ0n) is 24.9. The summed E-state index contributed by atoms with van der Waals surface area (Å²) in [4.78, 5) is 26.5. The van der Waals surface area contributed by atoms with Crippen molar-refractivity contribution in [3.05, 3.63) is 99.7 Å². The number of amidine groups is 1. The van der Waals surface area contributed by atoms with Gasteiger partial charge in [0.2, 0.25) is 0 Å². The SMILES string of the molecule is C/C=C1/C=C(c2ccc(-c3cccs3)cc2Cl)C(=O)N(CC)/C1=N/C(Nc1ccc(N2CCN(C)CC2)cc1)=C(C)C. The third-order valence-corrected chi connectivity index (χ3v) is 8.90. The molecule has 1 N–H and O–H groups in total. The van der Waals surface area contributed by atoms with E-state index in [2.05, 4.69) is 52.5 Å². The maximum atomic E-state index is 13.9. The van der Waals surface area contributed by atoms with Gasteiger partial charge >= 0.3 is 0 Å². The molecule has 0 radical (unpaired) electrons. The van der Waals surface area contributed by atoms with Gasteiger partial charge in [-0.3, -0.25) is 9.69 Å². The molecule has 1 amide bonds. The highest BCUT2D eigenvalue weighted by Gasteiger charge is 2.31. The minimum atomic E-state index is -0.114. The molecule has 0 saturated carbocycles. The van der Waals surface area contributed by atoms with Crippen LogP contribution in [0.15, 0.2) is 94.1 Å². The lowest BCUT2D eigenvalue weighted by molar-refractivity contribution is -0.121. The van der Waals surface area contributed by atoms with E-state index in [0.717, 1.165) is 64.8 Å². The standard InChI is InChI=1S/C34H38ClN5OS/c1-6-24-21-29(28-15-10-25(22-30(28)35)31-9-8-20-42-31)34(41)40(7-2)33(24)37-32(23(3)4)36-26-11-13-27(14-12-26)39-18-16-38(5)17-19-39/h6,8-15,20-22,36H,7,16-19H2,1-5H3/b24-6-,37-33+. The van der Waals surface area contributed by atoms with Crippen LogP contribution in [-0.2, 0) is 4.79 Å². The number of anilines is 2. The van der Waals surface area contributed by atoms with Crippen LogP contribution in [0.2, 0.25) is 5.02 Å². The average molecular weight is 600 g/mol. The Bertz CT molecular complexity index is 1560. The summed E-state index contributed by atoms with van der Waals surface area (Å²) < 4.78 is 0. The van der Waals surface area contributed by atoms with Gasteiger partial charge in [0.15, 0.2) is 0 Å². The number of thiophene rings is 1. The molecule has 218 valence electrons. The number of nitrogens with one attached hydrogen (secondary N) is 1. The normalized spacial score (nSPS) is 18.0. The van der Waals surface area contributed by atoms with Crippen molar-refractivity contribution in [3.8, 4) is 10.4 Å². The minimum Gasteiger partial charge on any atom is -0.369 e. The highest BCUT2D eigenvalue weighted by Crippen LogP contribution is 2.35. The summed E-state index contributed by atoms with van der Waals surface area (Å²) in [6.45, 7) is 12.7. The number of piperazine rings is 1. The maximum absolute atomic E-state index is 13.9. The van der Waals surface area contributed by atoms with Gasteiger partial charge in [-0.15, -0.1) is 11.3 Å². The first-order valence-corrected chi connectivity index (χ1v) is 15.7. The number of likely N-dealkylation sites (N-methyl/N-ethyl adjacent to an activating group) is 2. The van der Waals surface area contributed by atoms with Crippen LogP contribution in [0.3, 0.4) is 0 Å². The largest absolute Gasteiger partial charge is 0.369 e. The summed E-state index contributed by atoms with van der Waals surface area (Å²) in [5.74, 6) is 1.23. The molecule has 8 heteroatoms. The molecule has 2 aromatic carbocycles. The summed E-state index contributed by atoms with van der Waals surface area (Å²) in [7, 11) is 2.17. The lowest BCUT2D eigenvalue weighted by Gasteiger charge is -2.34. The Morgan fingerprint density at radius 2 is 1.81 bits per heavy atom. The van der Waals surface area contributed by atoms with Crippen LogP contribution in [0.5, 0.6) is 0 Å². The van der Waals surface area contributed by atoms with Gasteiger partial charge < -0.3 is 15.1 Å². The number of rotatable bonds is 7. The summed E-state index contributed by atoms with van der Waals surface area (Å²) >= 11 is 8.43. The van der Waals surface area contributed by atoms with E-state index in [1.807, 2.05) is 69.5 Å². The van der Waals surface area contributed by atoms with Crippen molar-refractivity contribution in [3.63, 3.8) is 0 Å². The number of carbonyl (C=O) groups is 1. The number of benzene rings is 2. The minimum absolute atomic E-state index is 0.114. The number of carbonyl (C=O) groups excluding carboxylic acids is 1. The van der Waals surface area contributed by atoms with Crippen LogP contribution in [0.25, 0.3) is 16.0 Å². The smallest absolute Gasteiger partial charge is 0.260 e. The van der Waals surface area contributed by atoms with E-state index in [9.17, 15) is 4.79 Å². The molecule has 0 spiro atoms. The molecule has 5 rings (SSSR count). The molecule has 1 fully saturated rings. The zero-order chi connectivity index (χ0) is 29.8. The summed E-state index contributed by atoms with van der Waals surface area (Å²) in [5, 5.41) is 6.10. The fourth-order valence-electron chi connectivity index (χ4n) is 5.16. The third kappa shape index (κ3) is 6.38. The number of amides is 1. The number of hydrogen-bond donors (Lipinski definition) is 1. The Hall–Kier alpha value is -3.65. The third-order valence-electron chi connectivity index (χ3n) is 7.67. The van der Waals surface area contributed by atoms with Crippen LogP contribution < -0.4 is 10.2 Å². The van der Waals surface area contributed by atoms with Gasteiger partial charge in [0.1, 0.15) is 11.7 Å².